The molecule has 1 aromatic carbocycles. The third-order valence-electron chi connectivity index (χ3n) is 4.27. The van der Waals surface area contributed by atoms with E-state index < -0.39 is 23.4 Å². The standard InChI is InChI=1S/C21H31N3O5/c1-20(2,3)28-18(25)23-11-12-24(19(26)29-21(4,5)6)17(14-23)16-9-7-15(8-10-16)13-22-27/h7-10,17H,11-14H2,1-6H3. The summed E-state index contributed by atoms with van der Waals surface area (Å²) >= 11 is 0. The lowest BCUT2D eigenvalue weighted by Gasteiger charge is -2.42. The van der Waals surface area contributed by atoms with Crippen LogP contribution in [0, 0.1) is 4.91 Å². The first-order valence-electron chi connectivity index (χ1n) is 9.75. The molecular weight excluding hydrogens is 374 g/mol. The molecule has 1 atom stereocenters. The van der Waals surface area contributed by atoms with Gasteiger partial charge in [-0.2, -0.15) is 4.91 Å². The third kappa shape index (κ3) is 6.73. The predicted molar refractivity (Wildman–Crippen MR) is 109 cm³/mol. The predicted octanol–water partition coefficient (Wildman–Crippen LogP) is 4.48. The Morgan fingerprint density at radius 3 is 2.03 bits per heavy atom. The molecule has 2 amide bonds. The van der Waals surface area contributed by atoms with E-state index in [-0.39, 0.29) is 12.6 Å². The Morgan fingerprint density at radius 2 is 1.52 bits per heavy atom. The summed E-state index contributed by atoms with van der Waals surface area (Å²) in [6.07, 6.45) is -0.835. The number of carbonyl (C=O) groups excluding carboxylic acids is 2. The fourth-order valence-corrected chi connectivity index (χ4v) is 3.02. The van der Waals surface area contributed by atoms with E-state index in [1.807, 2.05) is 53.7 Å². The van der Waals surface area contributed by atoms with Crippen LogP contribution in [0.25, 0.3) is 0 Å². The molecule has 8 heteroatoms. The highest BCUT2D eigenvalue weighted by atomic mass is 16.6. The molecule has 1 fully saturated rings. The Hall–Kier alpha value is -2.64. The van der Waals surface area contributed by atoms with Gasteiger partial charge in [0.1, 0.15) is 17.7 Å². The first-order chi connectivity index (χ1) is 13.4. The van der Waals surface area contributed by atoms with Crippen molar-refractivity contribution in [1.29, 1.82) is 0 Å². The van der Waals surface area contributed by atoms with Gasteiger partial charge in [-0.05, 0) is 52.7 Å². The summed E-state index contributed by atoms with van der Waals surface area (Å²) in [5.41, 5.74) is 0.410. The van der Waals surface area contributed by atoms with E-state index in [9.17, 15) is 14.5 Å². The Morgan fingerprint density at radius 1 is 0.966 bits per heavy atom. The lowest BCUT2D eigenvalue weighted by molar-refractivity contribution is -0.0152. The number of carbonyl (C=O) groups is 2. The first-order valence-corrected chi connectivity index (χ1v) is 9.75. The van der Waals surface area contributed by atoms with Crippen molar-refractivity contribution in [3.63, 3.8) is 0 Å². The number of amides is 2. The quantitative estimate of drug-likeness (QED) is 0.692. The molecule has 1 aromatic rings. The molecule has 8 nitrogen and oxygen atoms in total. The minimum absolute atomic E-state index is 0.0881. The third-order valence-corrected chi connectivity index (χ3v) is 4.27. The van der Waals surface area contributed by atoms with Gasteiger partial charge in [-0.3, -0.25) is 4.90 Å². The van der Waals surface area contributed by atoms with Crippen LogP contribution in [0.4, 0.5) is 9.59 Å². The Balaban J connectivity index is 2.26. The molecule has 1 unspecified atom stereocenters. The average Bonchev–Trinajstić information content (AvgIpc) is 2.59. The number of benzene rings is 1. The molecule has 1 heterocycles. The molecule has 1 aliphatic heterocycles. The minimum Gasteiger partial charge on any atom is -0.444 e. The highest BCUT2D eigenvalue weighted by molar-refractivity contribution is 5.71. The van der Waals surface area contributed by atoms with Crippen LogP contribution < -0.4 is 0 Å². The van der Waals surface area contributed by atoms with Crippen LogP contribution in [0.15, 0.2) is 29.4 Å². The normalized spacial score (nSPS) is 17.7. The second-order valence-electron chi connectivity index (χ2n) is 9.14. The Kier molecular flexibility index (Phi) is 6.87. The molecule has 0 aromatic heterocycles. The van der Waals surface area contributed by atoms with Crippen LogP contribution in [0.1, 0.15) is 58.7 Å². The van der Waals surface area contributed by atoms with Crippen molar-refractivity contribution in [1.82, 2.24) is 9.80 Å². The number of nitrogens with zero attached hydrogens (tertiary/aromatic N) is 3. The molecule has 0 spiro atoms. The van der Waals surface area contributed by atoms with Gasteiger partial charge in [0.2, 0.25) is 0 Å². The van der Waals surface area contributed by atoms with E-state index >= 15 is 0 Å². The number of ether oxygens (including phenoxy) is 2. The van der Waals surface area contributed by atoms with Gasteiger partial charge in [-0.15, -0.1) is 0 Å². The second-order valence-corrected chi connectivity index (χ2v) is 9.14. The van der Waals surface area contributed by atoms with Gasteiger partial charge in [-0.1, -0.05) is 29.4 Å². The maximum Gasteiger partial charge on any atom is 0.410 e. The van der Waals surface area contributed by atoms with E-state index in [0.29, 0.717) is 19.6 Å². The van der Waals surface area contributed by atoms with Gasteiger partial charge in [0.15, 0.2) is 0 Å². The van der Waals surface area contributed by atoms with E-state index in [4.69, 9.17) is 9.47 Å². The van der Waals surface area contributed by atoms with Crippen molar-refractivity contribution in [2.75, 3.05) is 19.6 Å². The zero-order valence-electron chi connectivity index (χ0n) is 18.1. The summed E-state index contributed by atoms with van der Waals surface area (Å²) < 4.78 is 11.1. The van der Waals surface area contributed by atoms with Gasteiger partial charge >= 0.3 is 12.2 Å². The number of rotatable bonds is 3. The molecule has 29 heavy (non-hydrogen) atoms. The highest BCUT2D eigenvalue weighted by Crippen LogP contribution is 2.28. The fourth-order valence-electron chi connectivity index (χ4n) is 3.02. The summed E-state index contributed by atoms with van der Waals surface area (Å²) in [4.78, 5) is 39.1. The summed E-state index contributed by atoms with van der Waals surface area (Å²) in [5.74, 6) is 0. The largest absolute Gasteiger partial charge is 0.444 e. The maximum absolute atomic E-state index is 12.8. The van der Waals surface area contributed by atoms with Crippen LogP contribution in [-0.4, -0.2) is 52.8 Å². The molecule has 0 aliphatic carbocycles. The van der Waals surface area contributed by atoms with Crippen molar-refractivity contribution in [2.24, 2.45) is 5.18 Å². The molecular formula is C21H31N3O5. The summed E-state index contributed by atoms with van der Waals surface area (Å²) in [7, 11) is 0. The zero-order chi connectivity index (χ0) is 21.8. The van der Waals surface area contributed by atoms with Crippen LogP contribution in [-0.2, 0) is 16.0 Å². The zero-order valence-corrected chi connectivity index (χ0v) is 18.1. The number of nitroso groups, excluding NO2 is 1. The topological polar surface area (TPSA) is 88.5 Å². The summed E-state index contributed by atoms with van der Waals surface area (Å²) in [6, 6.07) is 6.92. The van der Waals surface area contributed by atoms with Crippen molar-refractivity contribution in [3.8, 4) is 0 Å². The smallest absolute Gasteiger partial charge is 0.410 e. The molecule has 1 saturated heterocycles. The van der Waals surface area contributed by atoms with E-state index in [2.05, 4.69) is 5.18 Å². The van der Waals surface area contributed by atoms with Gasteiger partial charge in [-0.25, -0.2) is 9.59 Å². The Labute approximate surface area is 172 Å². The SMILES string of the molecule is CC(C)(C)OC(=O)N1CCN(C(=O)OC(C)(C)C)C(c2ccc(CN=O)cc2)C1. The molecule has 1 aliphatic rings. The molecule has 160 valence electrons. The number of hydrogen-bond donors (Lipinski definition) is 0. The average molecular weight is 405 g/mol. The fraction of sp³-hybridized carbons (Fsp3) is 0.619. The highest BCUT2D eigenvalue weighted by Gasteiger charge is 2.37. The van der Waals surface area contributed by atoms with Gasteiger partial charge < -0.3 is 14.4 Å². The number of hydrogen-bond acceptors (Lipinski definition) is 6. The van der Waals surface area contributed by atoms with Crippen molar-refractivity contribution in [2.45, 2.75) is 65.3 Å². The van der Waals surface area contributed by atoms with E-state index in [0.717, 1.165) is 11.1 Å². The molecule has 0 N–H and O–H groups in total. The minimum atomic E-state index is -0.622. The van der Waals surface area contributed by atoms with Crippen LogP contribution in [0.5, 0.6) is 0 Å². The summed E-state index contributed by atoms with van der Waals surface area (Å²) in [5, 5.41) is 2.90. The summed E-state index contributed by atoms with van der Waals surface area (Å²) in [6.45, 7) is 12.0. The van der Waals surface area contributed by atoms with Gasteiger partial charge in [0, 0.05) is 19.6 Å². The second kappa shape index (κ2) is 8.80. The van der Waals surface area contributed by atoms with Crippen LogP contribution in [0.2, 0.25) is 0 Å². The number of piperazine rings is 1. The lowest BCUT2D eigenvalue weighted by atomic mass is 10.0. The lowest BCUT2D eigenvalue weighted by Crippen LogP contribution is -2.54. The molecule has 2 rings (SSSR count). The van der Waals surface area contributed by atoms with E-state index in [1.54, 1.807) is 21.9 Å². The molecule has 0 saturated carbocycles. The van der Waals surface area contributed by atoms with E-state index in [1.165, 1.54) is 0 Å². The van der Waals surface area contributed by atoms with Gasteiger partial charge in [0.05, 0.1) is 6.04 Å². The van der Waals surface area contributed by atoms with Crippen molar-refractivity contribution in [3.05, 3.63) is 40.3 Å². The monoisotopic (exact) mass is 405 g/mol. The first kappa shape index (κ1) is 22.6. The maximum atomic E-state index is 12.8. The van der Waals surface area contributed by atoms with Crippen LogP contribution >= 0.6 is 0 Å². The van der Waals surface area contributed by atoms with Crippen molar-refractivity contribution >= 4 is 12.2 Å². The molecule has 0 bridgehead atoms. The Bertz CT molecular complexity index is 734. The van der Waals surface area contributed by atoms with Crippen molar-refractivity contribution < 1.29 is 19.1 Å². The van der Waals surface area contributed by atoms with Gasteiger partial charge in [0.25, 0.3) is 0 Å². The van der Waals surface area contributed by atoms with Crippen LogP contribution in [0.3, 0.4) is 0 Å². The molecule has 0 radical (unpaired) electrons.